The molecular weight excluding hydrogens is 427 g/mol. The molecule has 1 fully saturated rings. The van der Waals surface area contributed by atoms with Gasteiger partial charge in [-0.15, -0.1) is 0 Å². The van der Waals surface area contributed by atoms with Crippen LogP contribution < -0.4 is 5.73 Å². The number of nitrogens with two attached hydrogens (primary N) is 1. The van der Waals surface area contributed by atoms with E-state index in [0.29, 0.717) is 17.6 Å². The van der Waals surface area contributed by atoms with Crippen LogP contribution in [0.4, 0.5) is 13.2 Å². The molecule has 0 saturated carbocycles. The maximum Gasteiger partial charge on any atom is 0.223 e. The molecule has 0 aliphatic carbocycles. The summed E-state index contributed by atoms with van der Waals surface area (Å²) in [4.78, 5) is 16.7. The van der Waals surface area contributed by atoms with Crippen LogP contribution in [0.15, 0.2) is 36.4 Å². The second-order valence-corrected chi connectivity index (χ2v) is 8.49. The summed E-state index contributed by atoms with van der Waals surface area (Å²) in [5.74, 6) is -3.46. The molecule has 2 atom stereocenters. The Bertz CT molecular complexity index is 921. The number of rotatable bonds is 8. The van der Waals surface area contributed by atoms with Gasteiger partial charge in [0.2, 0.25) is 5.91 Å². The molecule has 4 nitrogen and oxygen atoms in total. The first-order chi connectivity index (χ1) is 14.8. The van der Waals surface area contributed by atoms with Crippen molar-refractivity contribution in [3.05, 3.63) is 70.0 Å². The topological polar surface area (TPSA) is 49.6 Å². The second-order valence-electron chi connectivity index (χ2n) is 8.08. The summed E-state index contributed by atoms with van der Waals surface area (Å²) >= 11 is 6.43. The van der Waals surface area contributed by atoms with E-state index < -0.39 is 23.5 Å². The van der Waals surface area contributed by atoms with E-state index in [1.54, 1.807) is 11.9 Å². The highest BCUT2D eigenvalue weighted by Crippen LogP contribution is 2.31. The molecule has 31 heavy (non-hydrogen) atoms. The molecular formula is C23H27ClF3N3O. The van der Waals surface area contributed by atoms with Crippen LogP contribution in [0.25, 0.3) is 0 Å². The zero-order chi connectivity index (χ0) is 22.5. The Morgan fingerprint density at radius 1 is 1.13 bits per heavy atom. The SMILES string of the molecule is CN(CC(c1ccccc1Cl)N1CCCC1)C(=O)C[C@H](N)Cc1cc(F)c(F)cc1F. The van der Waals surface area contributed by atoms with Gasteiger partial charge in [0.15, 0.2) is 11.6 Å². The van der Waals surface area contributed by atoms with E-state index in [0.717, 1.165) is 37.6 Å². The molecule has 1 amide bonds. The van der Waals surface area contributed by atoms with Crippen molar-refractivity contribution in [2.45, 2.75) is 37.8 Å². The quantitative estimate of drug-likeness (QED) is 0.606. The van der Waals surface area contributed by atoms with Gasteiger partial charge in [0.1, 0.15) is 5.82 Å². The highest BCUT2D eigenvalue weighted by Gasteiger charge is 2.28. The molecule has 0 bridgehead atoms. The Balaban J connectivity index is 1.65. The lowest BCUT2D eigenvalue weighted by atomic mass is 10.0. The molecule has 0 spiro atoms. The zero-order valence-corrected chi connectivity index (χ0v) is 18.2. The predicted molar refractivity (Wildman–Crippen MR) is 115 cm³/mol. The van der Waals surface area contributed by atoms with Crippen LogP contribution in [0.1, 0.15) is 36.4 Å². The first-order valence-electron chi connectivity index (χ1n) is 10.4. The molecule has 1 heterocycles. The smallest absolute Gasteiger partial charge is 0.223 e. The number of carbonyl (C=O) groups is 1. The van der Waals surface area contributed by atoms with Gasteiger partial charge in [-0.2, -0.15) is 0 Å². The molecule has 0 aromatic heterocycles. The Morgan fingerprint density at radius 2 is 1.77 bits per heavy atom. The minimum atomic E-state index is -1.25. The Labute approximate surface area is 185 Å². The van der Waals surface area contributed by atoms with Gasteiger partial charge < -0.3 is 10.6 Å². The van der Waals surface area contributed by atoms with E-state index in [1.165, 1.54) is 0 Å². The predicted octanol–water partition coefficient (Wildman–Crippen LogP) is 4.31. The summed E-state index contributed by atoms with van der Waals surface area (Å²) in [5.41, 5.74) is 6.95. The first kappa shape index (κ1) is 23.6. The number of hydrogen-bond acceptors (Lipinski definition) is 3. The van der Waals surface area contributed by atoms with Crippen molar-refractivity contribution in [3.63, 3.8) is 0 Å². The van der Waals surface area contributed by atoms with Gasteiger partial charge >= 0.3 is 0 Å². The highest BCUT2D eigenvalue weighted by molar-refractivity contribution is 6.31. The highest BCUT2D eigenvalue weighted by atomic mass is 35.5. The average Bonchev–Trinajstić information content (AvgIpc) is 3.25. The van der Waals surface area contributed by atoms with Gasteiger partial charge in [0.25, 0.3) is 0 Å². The number of halogens is 4. The van der Waals surface area contributed by atoms with E-state index in [4.69, 9.17) is 17.3 Å². The largest absolute Gasteiger partial charge is 0.344 e. The van der Waals surface area contributed by atoms with E-state index >= 15 is 0 Å². The van der Waals surface area contributed by atoms with Crippen molar-refractivity contribution >= 4 is 17.5 Å². The molecule has 8 heteroatoms. The third kappa shape index (κ3) is 5.99. The van der Waals surface area contributed by atoms with E-state index in [9.17, 15) is 18.0 Å². The number of benzene rings is 2. The lowest BCUT2D eigenvalue weighted by Gasteiger charge is -2.32. The normalized spacial score (nSPS) is 16.3. The summed E-state index contributed by atoms with van der Waals surface area (Å²) < 4.78 is 40.4. The van der Waals surface area contributed by atoms with Crippen molar-refractivity contribution in [1.82, 2.24) is 9.80 Å². The van der Waals surface area contributed by atoms with Crippen molar-refractivity contribution in [1.29, 1.82) is 0 Å². The average molecular weight is 454 g/mol. The summed E-state index contributed by atoms with van der Waals surface area (Å²) in [7, 11) is 1.70. The maximum absolute atomic E-state index is 13.9. The van der Waals surface area contributed by atoms with Crippen LogP contribution in [-0.2, 0) is 11.2 Å². The number of nitrogens with zero attached hydrogens (tertiary/aromatic N) is 2. The van der Waals surface area contributed by atoms with Crippen molar-refractivity contribution < 1.29 is 18.0 Å². The van der Waals surface area contributed by atoms with Gasteiger partial charge in [-0.25, -0.2) is 13.2 Å². The molecule has 2 aromatic rings. The summed E-state index contributed by atoms with van der Waals surface area (Å²) in [6.45, 7) is 2.31. The molecule has 0 radical (unpaired) electrons. The van der Waals surface area contributed by atoms with Crippen LogP contribution in [0.5, 0.6) is 0 Å². The monoisotopic (exact) mass is 453 g/mol. The van der Waals surface area contributed by atoms with E-state index in [2.05, 4.69) is 4.90 Å². The molecule has 2 aromatic carbocycles. The van der Waals surface area contributed by atoms with E-state index in [-0.39, 0.29) is 30.4 Å². The standard InChI is InChI=1S/C23H27ClF3N3O/c1-29(14-22(30-8-4-5-9-30)17-6-2-3-7-18(17)24)23(31)12-16(28)10-15-11-20(26)21(27)13-19(15)25/h2-3,6-7,11,13,16,22H,4-5,8-10,12,14,28H2,1H3/t16-,22?/m1/s1. The Hall–Kier alpha value is -2.09. The maximum atomic E-state index is 13.9. The van der Waals surface area contributed by atoms with Gasteiger partial charge in [0.05, 0.1) is 6.04 Å². The Morgan fingerprint density at radius 3 is 2.45 bits per heavy atom. The number of likely N-dealkylation sites (tertiary alicyclic amines) is 1. The molecule has 168 valence electrons. The van der Waals surface area contributed by atoms with Crippen LogP contribution in [0.2, 0.25) is 5.02 Å². The van der Waals surface area contributed by atoms with Gasteiger partial charge in [-0.05, 0) is 55.6 Å². The number of amides is 1. The Kier molecular flexibility index (Phi) is 7.97. The van der Waals surface area contributed by atoms with Gasteiger partial charge in [0, 0.05) is 37.1 Å². The fraction of sp³-hybridized carbons (Fsp3) is 0.435. The number of hydrogen-bond donors (Lipinski definition) is 1. The van der Waals surface area contributed by atoms with Gasteiger partial charge in [-0.3, -0.25) is 9.69 Å². The molecule has 1 saturated heterocycles. The lowest BCUT2D eigenvalue weighted by molar-refractivity contribution is -0.131. The molecule has 1 unspecified atom stereocenters. The third-order valence-corrected chi connectivity index (χ3v) is 6.07. The lowest BCUT2D eigenvalue weighted by Crippen LogP contribution is -2.40. The minimum absolute atomic E-state index is 0.0370. The third-order valence-electron chi connectivity index (χ3n) is 5.73. The van der Waals surface area contributed by atoms with Gasteiger partial charge in [-0.1, -0.05) is 29.8 Å². The molecule has 1 aliphatic rings. The van der Waals surface area contributed by atoms with E-state index in [1.807, 2.05) is 24.3 Å². The van der Waals surface area contributed by atoms with Crippen molar-refractivity contribution in [2.24, 2.45) is 5.73 Å². The number of carbonyl (C=O) groups excluding carboxylic acids is 1. The van der Waals surface area contributed by atoms with Crippen LogP contribution in [-0.4, -0.2) is 48.4 Å². The summed E-state index contributed by atoms with van der Waals surface area (Å²) in [6, 6.07) is 8.14. The fourth-order valence-electron chi connectivity index (χ4n) is 4.03. The van der Waals surface area contributed by atoms with Crippen LogP contribution >= 0.6 is 11.6 Å². The first-order valence-corrected chi connectivity index (χ1v) is 10.8. The zero-order valence-electron chi connectivity index (χ0n) is 17.5. The number of likely N-dealkylation sites (N-methyl/N-ethyl adjacent to an activating group) is 1. The van der Waals surface area contributed by atoms with Crippen molar-refractivity contribution in [3.8, 4) is 0 Å². The fourth-order valence-corrected chi connectivity index (χ4v) is 4.29. The molecule has 2 N–H and O–H groups in total. The van der Waals surface area contributed by atoms with Crippen molar-refractivity contribution in [2.75, 3.05) is 26.7 Å². The van der Waals surface area contributed by atoms with Crippen LogP contribution in [0, 0.1) is 17.5 Å². The molecule has 3 rings (SSSR count). The minimum Gasteiger partial charge on any atom is -0.344 e. The van der Waals surface area contributed by atoms with Crippen LogP contribution in [0.3, 0.4) is 0 Å². The second kappa shape index (κ2) is 10.5. The molecule has 1 aliphatic heterocycles. The summed E-state index contributed by atoms with van der Waals surface area (Å²) in [5, 5.41) is 0.658. The summed E-state index contributed by atoms with van der Waals surface area (Å²) in [6.07, 6.45) is 2.10.